The average Bonchev–Trinajstić information content (AvgIpc) is 2.80. The van der Waals surface area contributed by atoms with E-state index in [1.54, 1.807) is 0 Å². The molecule has 2 aliphatic rings. The third-order valence-electron chi connectivity index (χ3n) is 4.23. The number of alkyl halides is 2. The van der Waals surface area contributed by atoms with Crippen LogP contribution in [0.4, 0.5) is 8.78 Å². The Hall–Kier alpha value is -0.830. The van der Waals surface area contributed by atoms with Gasteiger partial charge in [0.1, 0.15) is 12.7 Å². The van der Waals surface area contributed by atoms with E-state index in [1.165, 1.54) is 7.11 Å². The second-order valence-electron chi connectivity index (χ2n) is 6.00. The lowest BCUT2D eigenvalue weighted by molar-refractivity contribution is -0.125. The molecule has 1 saturated heterocycles. The maximum Gasteiger partial charge on any atom is 0.248 e. The molecule has 2 rings (SSSR count). The Labute approximate surface area is 128 Å². The molecule has 1 saturated carbocycles. The molecule has 0 bridgehead atoms. The van der Waals surface area contributed by atoms with Gasteiger partial charge in [0.05, 0.1) is 18.8 Å². The Morgan fingerprint density at radius 1 is 1.41 bits per heavy atom. The molecule has 2 fully saturated rings. The molecule has 1 aliphatic carbocycles. The number of rotatable bonds is 6. The third-order valence-corrected chi connectivity index (χ3v) is 4.23. The minimum Gasteiger partial charge on any atom is -0.389 e. The minimum atomic E-state index is -2.56. The van der Waals surface area contributed by atoms with Crippen molar-refractivity contribution < 1.29 is 28.2 Å². The largest absolute Gasteiger partial charge is 0.389 e. The minimum absolute atomic E-state index is 0.0234. The highest BCUT2D eigenvalue weighted by molar-refractivity contribution is 5.77. The van der Waals surface area contributed by atoms with Gasteiger partial charge in [-0.1, -0.05) is 0 Å². The topological polar surface area (TPSA) is 79.8 Å². The van der Waals surface area contributed by atoms with Crippen LogP contribution >= 0.6 is 0 Å². The zero-order valence-electron chi connectivity index (χ0n) is 12.7. The molecule has 0 aromatic rings. The summed E-state index contributed by atoms with van der Waals surface area (Å²) in [5.41, 5.74) is 0. The van der Waals surface area contributed by atoms with Crippen molar-refractivity contribution in [3.05, 3.63) is 0 Å². The smallest absolute Gasteiger partial charge is 0.248 e. The van der Waals surface area contributed by atoms with Gasteiger partial charge in [0.2, 0.25) is 11.8 Å². The van der Waals surface area contributed by atoms with E-state index >= 15 is 0 Å². The van der Waals surface area contributed by atoms with Gasteiger partial charge in [0, 0.05) is 32.5 Å². The third kappa shape index (κ3) is 4.84. The average molecular weight is 322 g/mol. The Bertz CT molecular complexity index is 374. The number of aliphatic hydroxyl groups excluding tert-OH is 1. The predicted molar refractivity (Wildman–Crippen MR) is 74.8 cm³/mol. The molecular formula is C14H24F2N2O4. The zero-order chi connectivity index (χ0) is 16.2. The summed E-state index contributed by atoms with van der Waals surface area (Å²) >= 11 is 0. The second-order valence-corrected chi connectivity index (χ2v) is 6.00. The van der Waals surface area contributed by atoms with Gasteiger partial charge in [-0.2, -0.15) is 0 Å². The number of aliphatic hydroxyl groups is 1. The van der Waals surface area contributed by atoms with Crippen LogP contribution in [0.5, 0.6) is 0 Å². The summed E-state index contributed by atoms with van der Waals surface area (Å²) in [4.78, 5) is 11.3. The molecule has 1 amide bonds. The standard InChI is InChI=1S/C14H24F2N2O4/c1-21-8-12(19)17-6-11-13(20)10(7-22-11)18-9-2-4-14(15,16)5-3-9/h9-11,13,18,20H,2-8H2,1H3,(H,17,19). The van der Waals surface area contributed by atoms with E-state index in [-0.39, 0.29) is 44.0 Å². The number of halogens is 2. The number of amides is 1. The molecule has 128 valence electrons. The van der Waals surface area contributed by atoms with E-state index in [1.807, 2.05) is 0 Å². The van der Waals surface area contributed by atoms with E-state index in [2.05, 4.69) is 10.6 Å². The van der Waals surface area contributed by atoms with Gasteiger partial charge in [-0.3, -0.25) is 4.79 Å². The van der Waals surface area contributed by atoms with Crippen LogP contribution in [0.1, 0.15) is 25.7 Å². The van der Waals surface area contributed by atoms with Crippen LogP contribution in [-0.2, 0) is 14.3 Å². The number of methoxy groups -OCH3 is 1. The lowest BCUT2D eigenvalue weighted by Crippen LogP contribution is -2.50. The molecule has 1 heterocycles. The van der Waals surface area contributed by atoms with E-state index in [0.29, 0.717) is 19.4 Å². The first-order chi connectivity index (χ1) is 10.4. The van der Waals surface area contributed by atoms with Crippen molar-refractivity contribution in [3.63, 3.8) is 0 Å². The maximum absolute atomic E-state index is 13.1. The van der Waals surface area contributed by atoms with Crippen molar-refractivity contribution in [3.8, 4) is 0 Å². The van der Waals surface area contributed by atoms with Gasteiger partial charge in [0.15, 0.2) is 0 Å². The van der Waals surface area contributed by atoms with Crippen molar-refractivity contribution in [1.29, 1.82) is 0 Å². The van der Waals surface area contributed by atoms with Crippen LogP contribution < -0.4 is 10.6 Å². The zero-order valence-corrected chi connectivity index (χ0v) is 12.7. The van der Waals surface area contributed by atoms with E-state index in [0.717, 1.165) is 0 Å². The summed E-state index contributed by atoms with van der Waals surface area (Å²) in [5, 5.41) is 16.0. The highest BCUT2D eigenvalue weighted by Gasteiger charge is 2.40. The number of carbonyl (C=O) groups is 1. The lowest BCUT2D eigenvalue weighted by atomic mass is 9.91. The Kier molecular flexibility index (Phi) is 6.08. The summed E-state index contributed by atoms with van der Waals surface area (Å²) in [6.07, 6.45) is -0.722. The van der Waals surface area contributed by atoms with E-state index < -0.39 is 18.1 Å². The van der Waals surface area contributed by atoms with Crippen molar-refractivity contribution in [2.24, 2.45) is 0 Å². The Balaban J connectivity index is 1.72. The summed E-state index contributed by atoms with van der Waals surface area (Å²) in [5.74, 6) is -2.83. The van der Waals surface area contributed by atoms with Crippen LogP contribution in [0.25, 0.3) is 0 Å². The highest BCUT2D eigenvalue weighted by atomic mass is 19.3. The number of ether oxygens (including phenoxy) is 2. The normalized spacial score (nSPS) is 32.1. The number of carbonyl (C=O) groups excluding carboxylic acids is 1. The summed E-state index contributed by atoms with van der Waals surface area (Å²) < 4.78 is 36.4. The van der Waals surface area contributed by atoms with Crippen LogP contribution in [-0.4, -0.2) is 68.1 Å². The predicted octanol–water partition coefficient (Wildman–Crippen LogP) is 0.0448. The van der Waals surface area contributed by atoms with Gasteiger partial charge >= 0.3 is 0 Å². The number of hydrogen-bond donors (Lipinski definition) is 3. The molecule has 0 aromatic carbocycles. The van der Waals surface area contributed by atoms with Crippen LogP contribution in [0.15, 0.2) is 0 Å². The van der Waals surface area contributed by atoms with Crippen LogP contribution in [0, 0.1) is 0 Å². The molecular weight excluding hydrogens is 298 g/mol. The summed E-state index contributed by atoms with van der Waals surface area (Å²) in [6.45, 7) is 0.462. The van der Waals surface area contributed by atoms with Crippen molar-refractivity contribution in [2.45, 2.75) is 55.9 Å². The summed E-state index contributed by atoms with van der Waals surface area (Å²) in [7, 11) is 1.42. The molecule has 8 heteroatoms. The molecule has 0 spiro atoms. The Morgan fingerprint density at radius 3 is 2.73 bits per heavy atom. The molecule has 6 nitrogen and oxygen atoms in total. The van der Waals surface area contributed by atoms with Gasteiger partial charge in [-0.05, 0) is 12.8 Å². The number of nitrogens with one attached hydrogen (secondary N) is 2. The van der Waals surface area contributed by atoms with Gasteiger partial charge in [0.25, 0.3) is 0 Å². The first kappa shape index (κ1) is 17.5. The first-order valence-electron chi connectivity index (χ1n) is 7.60. The van der Waals surface area contributed by atoms with Gasteiger partial charge in [-0.25, -0.2) is 8.78 Å². The second kappa shape index (κ2) is 7.63. The van der Waals surface area contributed by atoms with Crippen LogP contribution in [0.3, 0.4) is 0 Å². The molecule has 3 unspecified atom stereocenters. The monoisotopic (exact) mass is 322 g/mol. The molecule has 3 atom stereocenters. The van der Waals surface area contributed by atoms with Gasteiger partial charge < -0.3 is 25.2 Å². The highest BCUT2D eigenvalue weighted by Crippen LogP contribution is 2.33. The van der Waals surface area contributed by atoms with Crippen molar-refractivity contribution in [2.75, 3.05) is 26.9 Å². The molecule has 22 heavy (non-hydrogen) atoms. The fourth-order valence-electron chi connectivity index (χ4n) is 2.92. The molecule has 1 aliphatic heterocycles. The number of hydrogen-bond acceptors (Lipinski definition) is 5. The lowest BCUT2D eigenvalue weighted by Gasteiger charge is -2.31. The fraction of sp³-hybridized carbons (Fsp3) is 0.929. The molecule has 0 aromatic heterocycles. The molecule has 3 N–H and O–H groups in total. The summed E-state index contributed by atoms with van der Waals surface area (Å²) in [6, 6.07) is -0.314. The molecule has 0 radical (unpaired) electrons. The van der Waals surface area contributed by atoms with Crippen molar-refractivity contribution >= 4 is 5.91 Å². The fourth-order valence-corrected chi connectivity index (χ4v) is 2.92. The van der Waals surface area contributed by atoms with Crippen molar-refractivity contribution in [1.82, 2.24) is 10.6 Å². The quantitative estimate of drug-likeness (QED) is 0.644. The van der Waals surface area contributed by atoms with E-state index in [9.17, 15) is 18.7 Å². The van der Waals surface area contributed by atoms with E-state index in [4.69, 9.17) is 9.47 Å². The maximum atomic E-state index is 13.1. The van der Waals surface area contributed by atoms with Gasteiger partial charge in [-0.15, -0.1) is 0 Å². The first-order valence-corrected chi connectivity index (χ1v) is 7.60. The SMILES string of the molecule is COCC(=O)NCC1OCC(NC2CCC(F)(F)CC2)C1O. The Morgan fingerprint density at radius 2 is 2.09 bits per heavy atom. The van der Waals surface area contributed by atoms with Crippen LogP contribution in [0.2, 0.25) is 0 Å².